The molecule has 4 rings (SSSR count). The zero-order valence-electron chi connectivity index (χ0n) is 22.6. The Bertz CT molecular complexity index is 1550. The summed E-state index contributed by atoms with van der Waals surface area (Å²) < 4.78 is 73.0. The number of esters is 2. The van der Waals surface area contributed by atoms with Crippen molar-refractivity contribution in [2.75, 3.05) is 20.3 Å². The van der Waals surface area contributed by atoms with E-state index in [1.165, 1.54) is 61.9 Å². The number of aromatic nitrogens is 1. The van der Waals surface area contributed by atoms with Crippen molar-refractivity contribution in [3.05, 3.63) is 81.6 Å². The predicted octanol–water partition coefficient (Wildman–Crippen LogP) is 5.37. The van der Waals surface area contributed by atoms with Gasteiger partial charge in [-0.3, -0.25) is 4.98 Å². The van der Waals surface area contributed by atoms with Gasteiger partial charge in [-0.2, -0.15) is 8.78 Å². The Kier molecular flexibility index (Phi) is 10.8. The number of benzene rings is 2. The van der Waals surface area contributed by atoms with Crippen molar-refractivity contribution < 1.29 is 45.7 Å². The molecule has 0 aliphatic heterocycles. The molecule has 230 valence electrons. The lowest BCUT2D eigenvalue weighted by Crippen LogP contribution is -2.21. The van der Waals surface area contributed by atoms with Gasteiger partial charge < -0.3 is 18.9 Å². The average Bonchev–Trinajstić information content (AvgIpc) is 3.81. The number of halogens is 4. The van der Waals surface area contributed by atoms with Crippen LogP contribution in [-0.4, -0.2) is 52.2 Å². The van der Waals surface area contributed by atoms with Gasteiger partial charge in [-0.15, -0.1) is 0 Å². The van der Waals surface area contributed by atoms with E-state index in [0.717, 1.165) is 12.8 Å². The van der Waals surface area contributed by atoms with Crippen LogP contribution in [0.25, 0.3) is 0 Å². The second-order valence-corrected chi connectivity index (χ2v) is 12.1. The van der Waals surface area contributed by atoms with Crippen LogP contribution >= 0.6 is 23.2 Å². The van der Waals surface area contributed by atoms with E-state index in [1.807, 2.05) is 0 Å². The number of ether oxygens (including phenoxy) is 4. The van der Waals surface area contributed by atoms with E-state index in [4.69, 9.17) is 37.4 Å². The molecule has 1 N–H and O–H groups in total. The van der Waals surface area contributed by atoms with Crippen LogP contribution in [-0.2, 0) is 30.7 Å². The van der Waals surface area contributed by atoms with Crippen LogP contribution in [0.2, 0.25) is 10.0 Å². The summed E-state index contributed by atoms with van der Waals surface area (Å²) in [6.45, 7) is -3.58. The van der Waals surface area contributed by atoms with E-state index in [1.54, 1.807) is 0 Å². The number of alkyl halides is 2. The minimum absolute atomic E-state index is 0.00169. The fourth-order valence-electron chi connectivity index (χ4n) is 3.86. The maximum Gasteiger partial charge on any atom is 0.387 e. The summed E-state index contributed by atoms with van der Waals surface area (Å²) in [5.41, 5.74) is 0.747. The minimum atomic E-state index is -3.71. The molecule has 1 saturated carbocycles. The zero-order valence-corrected chi connectivity index (χ0v) is 24.9. The molecule has 1 aliphatic carbocycles. The Balaban J connectivity index is 1.52. The topological polar surface area (TPSA) is 130 Å². The highest BCUT2D eigenvalue weighted by molar-refractivity contribution is 7.89. The summed E-state index contributed by atoms with van der Waals surface area (Å²) in [4.78, 5) is 29.2. The monoisotopic (exact) mass is 658 g/mol. The molecule has 0 bridgehead atoms. The van der Waals surface area contributed by atoms with Gasteiger partial charge in [0, 0.05) is 18.8 Å². The van der Waals surface area contributed by atoms with Crippen LogP contribution in [0.4, 0.5) is 8.78 Å². The molecule has 0 unspecified atom stereocenters. The first-order valence-electron chi connectivity index (χ1n) is 12.9. The molecule has 0 saturated heterocycles. The number of pyridine rings is 1. The van der Waals surface area contributed by atoms with E-state index in [2.05, 4.69) is 14.4 Å². The quantitative estimate of drug-likeness (QED) is 0.227. The summed E-state index contributed by atoms with van der Waals surface area (Å²) in [5, 5.41) is 0.401. The van der Waals surface area contributed by atoms with Crippen molar-refractivity contribution in [2.24, 2.45) is 5.92 Å². The molecule has 1 heterocycles. The molecule has 0 spiro atoms. The second kappa shape index (κ2) is 14.3. The van der Waals surface area contributed by atoms with Gasteiger partial charge in [-0.1, -0.05) is 29.3 Å². The molecular weight excluding hydrogens is 633 g/mol. The van der Waals surface area contributed by atoms with Gasteiger partial charge in [0.05, 0.1) is 27.1 Å². The van der Waals surface area contributed by atoms with Crippen molar-refractivity contribution in [3.63, 3.8) is 0 Å². The van der Waals surface area contributed by atoms with Crippen LogP contribution in [0.1, 0.15) is 40.4 Å². The average molecular weight is 659 g/mol. The second-order valence-electron chi connectivity index (χ2n) is 9.41. The first kappa shape index (κ1) is 32.4. The Morgan fingerprint density at radius 3 is 2.33 bits per heavy atom. The van der Waals surface area contributed by atoms with Crippen LogP contribution in [0.5, 0.6) is 11.5 Å². The first-order chi connectivity index (χ1) is 20.5. The normalized spacial score (nSPS) is 13.8. The van der Waals surface area contributed by atoms with E-state index < -0.39 is 41.3 Å². The maximum atomic E-state index is 13.0. The maximum absolute atomic E-state index is 13.0. The molecule has 1 aromatic heterocycles. The molecule has 1 fully saturated rings. The Hall–Kier alpha value is -3.52. The fourth-order valence-corrected chi connectivity index (χ4v) is 5.11. The van der Waals surface area contributed by atoms with Gasteiger partial charge in [-0.25, -0.2) is 22.7 Å². The van der Waals surface area contributed by atoms with Crippen molar-refractivity contribution in [3.8, 4) is 11.5 Å². The minimum Gasteiger partial charge on any atom is -0.489 e. The molecule has 15 heteroatoms. The number of hydrogen-bond acceptors (Lipinski definition) is 9. The molecule has 2 aromatic carbocycles. The molecule has 0 radical (unpaired) electrons. The van der Waals surface area contributed by atoms with Crippen LogP contribution < -0.4 is 14.2 Å². The van der Waals surface area contributed by atoms with Gasteiger partial charge in [-0.05, 0) is 73.3 Å². The lowest BCUT2D eigenvalue weighted by molar-refractivity contribution is -0.153. The number of rotatable bonds is 14. The number of carbonyl (C=O) groups is 2. The van der Waals surface area contributed by atoms with Crippen LogP contribution in [0.15, 0.2) is 59.8 Å². The van der Waals surface area contributed by atoms with E-state index in [9.17, 15) is 26.8 Å². The van der Waals surface area contributed by atoms with Crippen LogP contribution in [0.3, 0.4) is 0 Å². The van der Waals surface area contributed by atoms with Gasteiger partial charge in [0.15, 0.2) is 18.1 Å². The van der Waals surface area contributed by atoms with Crippen molar-refractivity contribution in [1.29, 1.82) is 0 Å². The third kappa shape index (κ3) is 8.99. The Morgan fingerprint density at radius 1 is 1.05 bits per heavy atom. The predicted molar refractivity (Wildman–Crippen MR) is 151 cm³/mol. The molecule has 1 atom stereocenters. The SMILES string of the molecule is CNS(=O)(=O)c1ccc(C(=O)OCC(=O)O[C@@H](Cc2c(Cl)cncc2Cl)c2ccc(OC(F)F)c(OCC3CC3)c2)cc1. The fraction of sp³-hybridized carbons (Fsp3) is 0.321. The lowest BCUT2D eigenvalue weighted by Gasteiger charge is -2.21. The van der Waals surface area contributed by atoms with E-state index in [0.29, 0.717) is 23.7 Å². The number of carbonyl (C=O) groups excluding carboxylic acids is 2. The molecule has 10 nitrogen and oxygen atoms in total. The van der Waals surface area contributed by atoms with Crippen molar-refractivity contribution in [1.82, 2.24) is 9.71 Å². The Labute approximate surface area is 256 Å². The van der Waals surface area contributed by atoms with Gasteiger partial charge >= 0.3 is 18.6 Å². The number of nitrogens with zero attached hydrogens (tertiary/aromatic N) is 1. The molecular formula is C28H26Cl2F2N2O8S. The lowest BCUT2D eigenvalue weighted by atomic mass is 10.0. The van der Waals surface area contributed by atoms with Crippen LogP contribution in [0, 0.1) is 5.92 Å². The smallest absolute Gasteiger partial charge is 0.387 e. The third-order valence-electron chi connectivity index (χ3n) is 6.33. The number of sulfonamides is 1. The highest BCUT2D eigenvalue weighted by atomic mass is 35.5. The largest absolute Gasteiger partial charge is 0.489 e. The molecule has 43 heavy (non-hydrogen) atoms. The highest BCUT2D eigenvalue weighted by Crippen LogP contribution is 2.37. The summed E-state index contributed by atoms with van der Waals surface area (Å²) in [6, 6.07) is 9.02. The van der Waals surface area contributed by atoms with E-state index in [-0.39, 0.29) is 38.4 Å². The summed E-state index contributed by atoms with van der Waals surface area (Å²) >= 11 is 12.6. The van der Waals surface area contributed by atoms with Crippen molar-refractivity contribution >= 4 is 45.2 Å². The third-order valence-corrected chi connectivity index (χ3v) is 8.41. The number of nitrogens with one attached hydrogen (secondary N) is 1. The van der Waals surface area contributed by atoms with Crippen molar-refractivity contribution in [2.45, 2.75) is 36.9 Å². The molecule has 3 aromatic rings. The van der Waals surface area contributed by atoms with E-state index >= 15 is 0 Å². The van der Waals surface area contributed by atoms with Gasteiger partial charge in [0.25, 0.3) is 0 Å². The van der Waals surface area contributed by atoms with Gasteiger partial charge in [0.1, 0.15) is 6.10 Å². The van der Waals surface area contributed by atoms with Gasteiger partial charge in [0.2, 0.25) is 10.0 Å². The standard InChI is InChI=1S/C28H26Cl2F2N2O8S/c1-33-43(37,38)19-7-4-17(5-8-19)27(36)40-15-26(35)41-24(11-20-21(29)12-34-13-22(20)30)18-6-9-23(42-28(31)32)25(10-18)39-14-16-2-3-16/h4-10,12-13,16,24,28,33H,2-3,11,14-15H2,1H3/t24-/m0/s1. The molecule has 0 amide bonds. The highest BCUT2D eigenvalue weighted by Gasteiger charge is 2.26. The summed E-state index contributed by atoms with van der Waals surface area (Å²) in [5.74, 6) is -1.68. The summed E-state index contributed by atoms with van der Waals surface area (Å²) in [6.07, 6.45) is 3.53. The summed E-state index contributed by atoms with van der Waals surface area (Å²) in [7, 11) is -2.46. The number of hydrogen-bond donors (Lipinski definition) is 1. The first-order valence-corrected chi connectivity index (χ1v) is 15.1. The molecule has 1 aliphatic rings. The Morgan fingerprint density at radius 2 is 1.72 bits per heavy atom. The zero-order chi connectivity index (χ0) is 31.1.